The molecule has 66 heavy (non-hydrogen) atoms. The Morgan fingerprint density at radius 1 is 0.939 bits per heavy atom. The standard InChI is InChI=1S/C47H44F2N12O5/c1-24-21-47(24,44-53-45(63)66-55-44)59-38(20-33-41(59)50-23-34(52-33)26-13-18-65-19-14-26)43(62)56-15-12-32-39(25(56)2)42(61(54-32)35-9-8-31(48)28-4-3-5-29(28)35)58-17-16-57(46(58)64)37-11-10-36-30(40(37)49)22-51-60(36)27-6-7-27/h8-11,16-17,20,22-27H,3-7,12-15,18-19,21H2,1-2H3,(H,53,55,63). The molecule has 0 spiro atoms. The summed E-state index contributed by atoms with van der Waals surface area (Å²) in [7, 11) is 0. The third kappa shape index (κ3) is 5.64. The van der Waals surface area contributed by atoms with Gasteiger partial charge in [-0.1, -0.05) is 12.1 Å². The number of nitrogens with one attached hydrogen (secondary N) is 1. The Balaban J connectivity index is 0.957. The van der Waals surface area contributed by atoms with Gasteiger partial charge in [-0.2, -0.15) is 10.2 Å². The molecule has 1 N–H and O–H groups in total. The summed E-state index contributed by atoms with van der Waals surface area (Å²) in [6.07, 6.45) is 12.9. The summed E-state index contributed by atoms with van der Waals surface area (Å²) >= 11 is 0. The van der Waals surface area contributed by atoms with E-state index in [1.807, 2.05) is 23.1 Å². The number of aromatic nitrogens is 11. The Hall–Kier alpha value is -7.02. The molecule has 3 fully saturated rings. The van der Waals surface area contributed by atoms with Crippen LogP contribution in [0.25, 0.3) is 39.3 Å². The van der Waals surface area contributed by atoms with Crippen LogP contribution >= 0.6 is 0 Å². The fourth-order valence-corrected chi connectivity index (χ4v) is 11.2. The molecule has 8 aromatic rings. The van der Waals surface area contributed by atoms with Crippen molar-refractivity contribution in [2.24, 2.45) is 5.92 Å². The van der Waals surface area contributed by atoms with Gasteiger partial charge in [0.05, 0.1) is 58.1 Å². The van der Waals surface area contributed by atoms with Gasteiger partial charge in [0, 0.05) is 50.1 Å². The van der Waals surface area contributed by atoms with Crippen LogP contribution in [0, 0.1) is 17.6 Å². The summed E-state index contributed by atoms with van der Waals surface area (Å²) in [5.41, 5.74) is 4.77. The molecule has 336 valence electrons. The number of fused-ring (bicyclic) bond motifs is 4. The van der Waals surface area contributed by atoms with E-state index in [-0.39, 0.29) is 41.8 Å². The predicted octanol–water partition coefficient (Wildman–Crippen LogP) is 6.12. The molecule has 1 amide bonds. The molecular weight excluding hydrogens is 851 g/mol. The maximum absolute atomic E-state index is 16.4. The van der Waals surface area contributed by atoms with Crippen LogP contribution in [0.2, 0.25) is 0 Å². The molecule has 3 unspecified atom stereocenters. The Morgan fingerprint density at radius 3 is 2.50 bits per heavy atom. The number of aromatic amines is 1. The molecule has 5 aliphatic rings. The third-order valence-corrected chi connectivity index (χ3v) is 14.9. The number of carbonyl (C=O) groups excluding carboxylic acids is 1. The normalized spacial score (nSPS) is 21.8. The monoisotopic (exact) mass is 894 g/mol. The number of hydrogen-bond donors (Lipinski definition) is 1. The van der Waals surface area contributed by atoms with Crippen LogP contribution < -0.4 is 11.4 Å². The lowest BCUT2D eigenvalue weighted by molar-refractivity contribution is 0.0663. The molecule has 13 rings (SSSR count). The second-order valence-corrected chi connectivity index (χ2v) is 18.6. The first kappa shape index (κ1) is 39.4. The van der Waals surface area contributed by atoms with E-state index in [1.165, 1.54) is 27.6 Å². The summed E-state index contributed by atoms with van der Waals surface area (Å²) in [5.74, 6) is -1.10. The van der Waals surface area contributed by atoms with Gasteiger partial charge in [0.2, 0.25) is 0 Å². The van der Waals surface area contributed by atoms with E-state index in [1.54, 1.807) is 46.2 Å². The molecule has 17 nitrogen and oxygen atoms in total. The molecule has 2 aliphatic heterocycles. The molecule has 19 heteroatoms. The first-order valence-corrected chi connectivity index (χ1v) is 22.8. The van der Waals surface area contributed by atoms with Crippen molar-refractivity contribution in [1.29, 1.82) is 0 Å². The number of nitrogens with zero attached hydrogens (tertiary/aromatic N) is 11. The van der Waals surface area contributed by atoms with Gasteiger partial charge in [0.15, 0.2) is 17.3 Å². The summed E-state index contributed by atoms with van der Waals surface area (Å²) in [6.45, 7) is 5.46. The maximum Gasteiger partial charge on any atom is 0.438 e. The van der Waals surface area contributed by atoms with Crippen molar-refractivity contribution in [1.82, 2.24) is 58.3 Å². The van der Waals surface area contributed by atoms with Crippen LogP contribution in [0.3, 0.4) is 0 Å². The minimum atomic E-state index is -0.942. The summed E-state index contributed by atoms with van der Waals surface area (Å²) in [5, 5.41) is 14.1. The molecule has 8 heterocycles. The van der Waals surface area contributed by atoms with E-state index in [4.69, 9.17) is 24.3 Å². The van der Waals surface area contributed by atoms with E-state index in [0.717, 1.165) is 43.4 Å². The number of carbonyl (C=O) groups is 1. The summed E-state index contributed by atoms with van der Waals surface area (Å²) in [4.78, 5) is 57.3. The number of benzene rings is 2. The van der Waals surface area contributed by atoms with Crippen LogP contribution in [0.5, 0.6) is 0 Å². The van der Waals surface area contributed by atoms with Crippen LogP contribution in [-0.2, 0) is 29.5 Å². The van der Waals surface area contributed by atoms with Crippen molar-refractivity contribution < 1.29 is 22.8 Å². The lowest BCUT2D eigenvalue weighted by Gasteiger charge is -2.34. The number of H-pyrrole nitrogens is 1. The molecule has 3 atom stereocenters. The number of rotatable bonds is 8. The van der Waals surface area contributed by atoms with Crippen molar-refractivity contribution in [3.63, 3.8) is 0 Å². The Kier molecular flexibility index (Phi) is 8.49. The molecule has 2 aromatic carbocycles. The van der Waals surface area contributed by atoms with Gasteiger partial charge in [0.25, 0.3) is 5.91 Å². The highest BCUT2D eigenvalue weighted by molar-refractivity contribution is 5.98. The van der Waals surface area contributed by atoms with Gasteiger partial charge in [-0.3, -0.25) is 28.1 Å². The molecule has 0 bridgehead atoms. The highest BCUT2D eigenvalue weighted by Crippen LogP contribution is 2.56. The van der Waals surface area contributed by atoms with Crippen molar-refractivity contribution in [3.8, 4) is 17.2 Å². The number of halogens is 2. The van der Waals surface area contributed by atoms with Crippen molar-refractivity contribution in [2.75, 3.05) is 19.8 Å². The number of ether oxygens (including phenoxy) is 1. The third-order valence-electron chi connectivity index (χ3n) is 14.9. The molecule has 1 saturated heterocycles. The maximum atomic E-state index is 16.4. The van der Waals surface area contributed by atoms with Gasteiger partial charge in [-0.25, -0.2) is 33.0 Å². The van der Waals surface area contributed by atoms with E-state index in [9.17, 15) is 9.59 Å². The predicted molar refractivity (Wildman–Crippen MR) is 233 cm³/mol. The summed E-state index contributed by atoms with van der Waals surface area (Å²) < 4.78 is 50.5. The average molecular weight is 895 g/mol. The van der Waals surface area contributed by atoms with E-state index in [2.05, 4.69) is 15.2 Å². The zero-order valence-corrected chi connectivity index (χ0v) is 36.2. The minimum absolute atomic E-state index is 0.0548. The number of amides is 1. The molecular formula is C47H44F2N12O5. The summed E-state index contributed by atoms with van der Waals surface area (Å²) in [6, 6.07) is 7.90. The smallest absolute Gasteiger partial charge is 0.381 e. The zero-order chi connectivity index (χ0) is 44.7. The van der Waals surface area contributed by atoms with Crippen LogP contribution in [0.15, 0.2) is 69.2 Å². The van der Waals surface area contributed by atoms with Crippen LogP contribution in [0.1, 0.15) is 115 Å². The van der Waals surface area contributed by atoms with Gasteiger partial charge < -0.3 is 14.2 Å². The quantitative estimate of drug-likeness (QED) is 0.187. The topological polar surface area (TPSA) is 182 Å². The van der Waals surface area contributed by atoms with Gasteiger partial charge in [-0.05, 0) is 106 Å². The molecule has 2 saturated carbocycles. The SMILES string of the molecule is CC1c2c(nn(-c3ccc(F)c4c3CCC4)c2-n2ccn(-c3ccc4c(cnn4C4CC4)c3F)c2=O)CCN1C(=O)c1cc2nc(C3CCOCC3)cnc2n1C1(c2noc(=O)[nH]2)CC1C. The van der Waals surface area contributed by atoms with E-state index >= 15 is 13.6 Å². The molecule has 0 radical (unpaired) electrons. The number of hydrogen-bond acceptors (Lipinski definition) is 10. The fourth-order valence-electron chi connectivity index (χ4n) is 11.2. The first-order chi connectivity index (χ1) is 32.1. The first-order valence-electron chi connectivity index (χ1n) is 22.8. The Morgan fingerprint density at radius 2 is 1.73 bits per heavy atom. The number of imidazole rings is 1. The van der Waals surface area contributed by atoms with Gasteiger partial charge in [-0.15, -0.1) is 0 Å². The van der Waals surface area contributed by atoms with Crippen LogP contribution in [0.4, 0.5) is 8.78 Å². The lowest BCUT2D eigenvalue weighted by atomic mass is 9.97. The van der Waals surface area contributed by atoms with Crippen molar-refractivity contribution >= 4 is 28.0 Å². The molecule has 6 aromatic heterocycles. The van der Waals surface area contributed by atoms with Crippen molar-refractivity contribution in [3.05, 3.63) is 127 Å². The average Bonchev–Trinajstić information content (AvgIpc) is 3.74. The second-order valence-electron chi connectivity index (χ2n) is 18.6. The largest absolute Gasteiger partial charge is 0.438 e. The second kappa shape index (κ2) is 14.2. The lowest BCUT2D eigenvalue weighted by Crippen LogP contribution is -2.41. The molecule has 3 aliphatic carbocycles. The Bertz CT molecular complexity index is 3450. The van der Waals surface area contributed by atoms with E-state index in [0.29, 0.717) is 101 Å². The van der Waals surface area contributed by atoms with Crippen LogP contribution in [-0.4, -0.2) is 83.9 Å². The van der Waals surface area contributed by atoms with E-state index < -0.39 is 28.8 Å². The van der Waals surface area contributed by atoms with Gasteiger partial charge >= 0.3 is 11.4 Å². The van der Waals surface area contributed by atoms with Gasteiger partial charge in [0.1, 0.15) is 28.4 Å². The zero-order valence-electron chi connectivity index (χ0n) is 36.2. The highest BCUT2D eigenvalue weighted by atomic mass is 19.1. The Labute approximate surface area is 373 Å². The fraction of sp³-hybridized carbons (Fsp3) is 0.404. The minimum Gasteiger partial charge on any atom is -0.381 e. The van der Waals surface area contributed by atoms with Crippen molar-refractivity contribution in [2.45, 2.75) is 95.2 Å². The highest BCUT2D eigenvalue weighted by Gasteiger charge is 2.59.